The molecule has 0 radical (unpaired) electrons. The first-order valence-electron chi connectivity index (χ1n) is 6.63. The maximum Gasteiger partial charge on any atom is 0.0864 e. The van der Waals surface area contributed by atoms with Crippen molar-refractivity contribution in [3.8, 4) is 0 Å². The zero-order valence-corrected chi connectivity index (χ0v) is 13.4. The molecular formula is C13H22BrN3O2. The summed E-state index contributed by atoms with van der Waals surface area (Å²) in [6.07, 6.45) is 4.01. The second-order valence-electron chi connectivity index (χ2n) is 5.08. The fourth-order valence-corrected chi connectivity index (χ4v) is 3.30. The molecule has 2 rings (SSSR count). The van der Waals surface area contributed by atoms with Crippen molar-refractivity contribution in [2.45, 2.75) is 38.0 Å². The molecule has 0 amide bonds. The summed E-state index contributed by atoms with van der Waals surface area (Å²) in [5.41, 5.74) is 0.950. The SMILES string of the molecule is CNC(c1c(Br)cnn1CCOC)C1(C)CCCO1. The summed E-state index contributed by atoms with van der Waals surface area (Å²) in [5, 5.41) is 7.81. The van der Waals surface area contributed by atoms with Crippen molar-refractivity contribution in [3.05, 3.63) is 16.4 Å². The topological polar surface area (TPSA) is 48.3 Å². The molecule has 1 saturated heterocycles. The molecule has 0 bridgehead atoms. The molecule has 0 saturated carbocycles. The number of rotatable bonds is 6. The van der Waals surface area contributed by atoms with Gasteiger partial charge in [0.05, 0.1) is 41.2 Å². The monoisotopic (exact) mass is 331 g/mol. The van der Waals surface area contributed by atoms with Crippen LogP contribution in [0, 0.1) is 0 Å². The van der Waals surface area contributed by atoms with Crippen LogP contribution in [-0.2, 0) is 16.0 Å². The van der Waals surface area contributed by atoms with E-state index in [2.05, 4.69) is 33.3 Å². The lowest BCUT2D eigenvalue weighted by Gasteiger charge is -2.33. The summed E-state index contributed by atoms with van der Waals surface area (Å²) in [4.78, 5) is 0. The van der Waals surface area contributed by atoms with E-state index in [1.54, 1.807) is 7.11 Å². The van der Waals surface area contributed by atoms with Gasteiger partial charge in [-0.1, -0.05) is 0 Å². The molecule has 0 aromatic carbocycles. The molecule has 1 aliphatic rings. The van der Waals surface area contributed by atoms with Crippen LogP contribution in [0.15, 0.2) is 10.7 Å². The quantitative estimate of drug-likeness (QED) is 0.867. The van der Waals surface area contributed by atoms with Crippen molar-refractivity contribution in [2.24, 2.45) is 0 Å². The largest absolute Gasteiger partial charge is 0.383 e. The van der Waals surface area contributed by atoms with Crippen LogP contribution in [-0.4, -0.2) is 42.8 Å². The fraction of sp³-hybridized carbons (Fsp3) is 0.769. The number of aromatic nitrogens is 2. The minimum Gasteiger partial charge on any atom is -0.383 e. The Morgan fingerprint density at radius 3 is 3.05 bits per heavy atom. The van der Waals surface area contributed by atoms with E-state index in [1.165, 1.54) is 0 Å². The van der Waals surface area contributed by atoms with Crippen molar-refractivity contribution in [2.75, 3.05) is 27.4 Å². The average Bonchev–Trinajstić information content (AvgIpc) is 2.97. The van der Waals surface area contributed by atoms with E-state index in [4.69, 9.17) is 9.47 Å². The van der Waals surface area contributed by atoms with Crippen molar-refractivity contribution < 1.29 is 9.47 Å². The first-order valence-corrected chi connectivity index (χ1v) is 7.43. The van der Waals surface area contributed by atoms with Crippen LogP contribution >= 0.6 is 15.9 Å². The van der Waals surface area contributed by atoms with E-state index in [1.807, 2.05) is 17.9 Å². The van der Waals surface area contributed by atoms with Gasteiger partial charge in [0.15, 0.2) is 0 Å². The van der Waals surface area contributed by atoms with Crippen molar-refractivity contribution in [1.82, 2.24) is 15.1 Å². The van der Waals surface area contributed by atoms with Gasteiger partial charge in [-0.15, -0.1) is 0 Å². The van der Waals surface area contributed by atoms with E-state index < -0.39 is 0 Å². The van der Waals surface area contributed by atoms with E-state index in [9.17, 15) is 0 Å². The highest BCUT2D eigenvalue weighted by Crippen LogP contribution is 2.39. The van der Waals surface area contributed by atoms with E-state index in [-0.39, 0.29) is 11.6 Å². The molecule has 1 aromatic heterocycles. The fourth-order valence-electron chi connectivity index (χ4n) is 2.77. The molecule has 2 unspecified atom stereocenters. The molecule has 0 spiro atoms. The normalized spacial score (nSPS) is 24.8. The summed E-state index contributed by atoms with van der Waals surface area (Å²) >= 11 is 3.60. The number of methoxy groups -OCH3 is 1. The molecule has 0 aliphatic carbocycles. The summed E-state index contributed by atoms with van der Waals surface area (Å²) in [7, 11) is 3.67. The van der Waals surface area contributed by atoms with Gasteiger partial charge in [-0.25, -0.2) is 0 Å². The van der Waals surface area contributed by atoms with Crippen LogP contribution < -0.4 is 5.32 Å². The summed E-state index contributed by atoms with van der Waals surface area (Å²) in [5.74, 6) is 0. The maximum absolute atomic E-state index is 5.98. The van der Waals surface area contributed by atoms with Gasteiger partial charge >= 0.3 is 0 Å². The van der Waals surface area contributed by atoms with Crippen LogP contribution in [0.1, 0.15) is 31.5 Å². The van der Waals surface area contributed by atoms with Crippen LogP contribution in [0.25, 0.3) is 0 Å². The standard InChI is InChI=1S/C13H22BrN3O2/c1-13(5-4-7-19-13)12(15-2)11-10(14)9-16-17(11)6-8-18-3/h9,12,15H,4-8H2,1-3H3. The third kappa shape index (κ3) is 3.02. The summed E-state index contributed by atoms with van der Waals surface area (Å²) < 4.78 is 14.1. The Balaban J connectivity index is 2.29. The van der Waals surface area contributed by atoms with Crippen molar-refractivity contribution in [1.29, 1.82) is 0 Å². The van der Waals surface area contributed by atoms with Crippen molar-refractivity contribution >= 4 is 15.9 Å². The van der Waals surface area contributed by atoms with Gasteiger partial charge in [0, 0.05) is 13.7 Å². The highest BCUT2D eigenvalue weighted by molar-refractivity contribution is 9.10. The molecule has 2 atom stereocenters. The van der Waals surface area contributed by atoms with Gasteiger partial charge in [0.1, 0.15) is 0 Å². The lowest BCUT2D eigenvalue weighted by molar-refractivity contribution is -0.0132. The summed E-state index contributed by atoms with van der Waals surface area (Å²) in [6, 6.07) is 0.115. The third-order valence-corrected chi connectivity index (χ3v) is 4.37. The molecule has 1 N–H and O–H groups in total. The van der Waals surface area contributed by atoms with E-state index >= 15 is 0 Å². The Hall–Kier alpha value is -0.430. The van der Waals surface area contributed by atoms with Gasteiger partial charge in [-0.2, -0.15) is 5.10 Å². The lowest BCUT2D eigenvalue weighted by Crippen LogP contribution is -2.41. The number of likely N-dealkylation sites (N-methyl/N-ethyl adjacent to an activating group) is 1. The number of hydrogen-bond donors (Lipinski definition) is 1. The van der Waals surface area contributed by atoms with Crippen LogP contribution in [0.2, 0.25) is 0 Å². The van der Waals surface area contributed by atoms with Gasteiger partial charge in [-0.3, -0.25) is 4.68 Å². The predicted octanol–water partition coefficient (Wildman–Crippen LogP) is 2.12. The third-order valence-electron chi connectivity index (χ3n) is 3.76. The molecule has 1 aromatic rings. The Morgan fingerprint density at radius 2 is 2.47 bits per heavy atom. The molecule has 6 heteroatoms. The Labute approximate surface area is 122 Å². The number of ether oxygens (including phenoxy) is 2. The highest BCUT2D eigenvalue weighted by atomic mass is 79.9. The smallest absolute Gasteiger partial charge is 0.0864 e. The van der Waals surface area contributed by atoms with Crippen LogP contribution in [0.3, 0.4) is 0 Å². The highest BCUT2D eigenvalue weighted by Gasteiger charge is 2.41. The second kappa shape index (κ2) is 6.35. The summed E-state index contributed by atoms with van der Waals surface area (Å²) in [6.45, 7) is 4.39. The minimum absolute atomic E-state index is 0.115. The van der Waals surface area contributed by atoms with Gasteiger partial charge in [-0.05, 0) is 42.7 Å². The van der Waals surface area contributed by atoms with Crippen LogP contribution in [0.5, 0.6) is 0 Å². The number of nitrogens with zero attached hydrogens (tertiary/aromatic N) is 2. The zero-order valence-electron chi connectivity index (χ0n) is 11.8. The number of halogens is 1. The Kier molecular flexibility index (Phi) is 5.00. The Bertz CT molecular complexity index is 416. The van der Waals surface area contributed by atoms with Gasteiger partial charge in [0.2, 0.25) is 0 Å². The minimum atomic E-state index is -0.178. The predicted molar refractivity (Wildman–Crippen MR) is 77.2 cm³/mol. The van der Waals surface area contributed by atoms with Crippen LogP contribution in [0.4, 0.5) is 0 Å². The molecule has 108 valence electrons. The maximum atomic E-state index is 5.98. The van der Waals surface area contributed by atoms with Crippen molar-refractivity contribution in [3.63, 3.8) is 0 Å². The second-order valence-corrected chi connectivity index (χ2v) is 5.93. The average molecular weight is 332 g/mol. The molecule has 1 fully saturated rings. The number of hydrogen-bond acceptors (Lipinski definition) is 4. The first kappa shape index (κ1) is 15.0. The van der Waals surface area contributed by atoms with E-state index in [0.29, 0.717) is 6.61 Å². The molecular weight excluding hydrogens is 310 g/mol. The molecule has 1 aliphatic heterocycles. The lowest BCUT2D eigenvalue weighted by atomic mass is 9.90. The van der Waals surface area contributed by atoms with Gasteiger partial charge in [0.25, 0.3) is 0 Å². The van der Waals surface area contributed by atoms with Gasteiger partial charge < -0.3 is 14.8 Å². The Morgan fingerprint density at radius 1 is 1.68 bits per heavy atom. The molecule has 2 heterocycles. The molecule has 19 heavy (non-hydrogen) atoms. The molecule has 5 nitrogen and oxygen atoms in total. The number of nitrogens with one attached hydrogen (secondary N) is 1. The van der Waals surface area contributed by atoms with E-state index in [0.717, 1.165) is 36.2 Å². The zero-order chi connectivity index (χ0) is 13.9. The first-order chi connectivity index (χ1) is 9.12.